The SMILES string of the molecule is CC(C)(C)NCCNCC1CCCN1C(=O)OC(C)(C)C. The zero-order chi connectivity index (χ0) is 16.1. The van der Waals surface area contributed by atoms with Crippen LogP contribution in [0.25, 0.3) is 0 Å². The summed E-state index contributed by atoms with van der Waals surface area (Å²) in [7, 11) is 0. The summed E-state index contributed by atoms with van der Waals surface area (Å²) < 4.78 is 5.47. The van der Waals surface area contributed by atoms with Crippen LogP contribution in [-0.2, 0) is 4.74 Å². The molecule has 0 radical (unpaired) electrons. The summed E-state index contributed by atoms with van der Waals surface area (Å²) in [6, 6.07) is 0.259. The molecule has 1 saturated heterocycles. The minimum atomic E-state index is -0.422. The normalized spacial score (nSPS) is 19.9. The highest BCUT2D eigenvalue weighted by molar-refractivity contribution is 5.69. The summed E-state index contributed by atoms with van der Waals surface area (Å²) in [5.74, 6) is 0. The lowest BCUT2D eigenvalue weighted by Gasteiger charge is -2.29. The van der Waals surface area contributed by atoms with Crippen LogP contribution in [0, 0.1) is 0 Å². The Morgan fingerprint density at radius 1 is 1.19 bits per heavy atom. The average molecular weight is 299 g/mol. The van der Waals surface area contributed by atoms with Crippen LogP contribution in [0.1, 0.15) is 54.4 Å². The average Bonchev–Trinajstić information content (AvgIpc) is 2.73. The van der Waals surface area contributed by atoms with Gasteiger partial charge in [-0.3, -0.25) is 0 Å². The summed E-state index contributed by atoms with van der Waals surface area (Å²) in [5.41, 5.74) is -0.272. The number of carbonyl (C=O) groups is 1. The van der Waals surface area contributed by atoms with Crippen molar-refractivity contribution in [1.29, 1.82) is 0 Å². The van der Waals surface area contributed by atoms with Gasteiger partial charge in [0.1, 0.15) is 5.60 Å². The topological polar surface area (TPSA) is 53.6 Å². The summed E-state index contributed by atoms with van der Waals surface area (Å²) >= 11 is 0. The van der Waals surface area contributed by atoms with Gasteiger partial charge in [-0.2, -0.15) is 0 Å². The Hall–Kier alpha value is -0.810. The lowest BCUT2D eigenvalue weighted by Crippen LogP contribution is -2.46. The fraction of sp³-hybridized carbons (Fsp3) is 0.938. The Morgan fingerprint density at radius 2 is 1.86 bits per heavy atom. The van der Waals surface area contributed by atoms with Crippen molar-refractivity contribution in [2.45, 2.75) is 71.6 Å². The summed E-state index contributed by atoms with van der Waals surface area (Å²) in [4.78, 5) is 14.0. The van der Waals surface area contributed by atoms with Crippen LogP contribution < -0.4 is 10.6 Å². The third kappa shape index (κ3) is 7.67. The number of nitrogens with one attached hydrogen (secondary N) is 2. The summed E-state index contributed by atoms with van der Waals surface area (Å²) in [6.45, 7) is 15.7. The van der Waals surface area contributed by atoms with Gasteiger partial charge in [0.2, 0.25) is 0 Å². The number of likely N-dealkylation sites (tertiary alicyclic amines) is 1. The van der Waals surface area contributed by atoms with Gasteiger partial charge >= 0.3 is 6.09 Å². The number of carbonyl (C=O) groups excluding carboxylic acids is 1. The van der Waals surface area contributed by atoms with Crippen molar-refractivity contribution < 1.29 is 9.53 Å². The van der Waals surface area contributed by atoms with E-state index >= 15 is 0 Å². The monoisotopic (exact) mass is 299 g/mol. The van der Waals surface area contributed by atoms with Gasteiger partial charge in [0.25, 0.3) is 0 Å². The molecule has 1 aliphatic heterocycles. The highest BCUT2D eigenvalue weighted by atomic mass is 16.6. The van der Waals surface area contributed by atoms with E-state index in [2.05, 4.69) is 31.4 Å². The second-order valence-electron chi connectivity index (χ2n) is 7.85. The van der Waals surface area contributed by atoms with Gasteiger partial charge in [0.15, 0.2) is 0 Å². The van der Waals surface area contributed by atoms with E-state index in [1.165, 1.54) is 0 Å². The standard InChI is InChI=1S/C16H33N3O2/c1-15(2,3)18-10-9-17-12-13-8-7-11-19(13)14(20)21-16(4,5)6/h13,17-18H,7-12H2,1-6H3. The second kappa shape index (κ2) is 7.45. The number of hydrogen-bond acceptors (Lipinski definition) is 4. The first kappa shape index (κ1) is 18.2. The molecule has 1 unspecified atom stereocenters. The Bertz CT molecular complexity index is 331. The molecule has 1 amide bonds. The van der Waals surface area contributed by atoms with Gasteiger partial charge in [-0.1, -0.05) is 0 Å². The molecule has 0 spiro atoms. The molecule has 2 N–H and O–H groups in total. The predicted octanol–water partition coefficient (Wildman–Crippen LogP) is 2.36. The van der Waals surface area contributed by atoms with Crippen LogP contribution in [-0.4, -0.2) is 54.4 Å². The highest BCUT2D eigenvalue weighted by Gasteiger charge is 2.31. The van der Waals surface area contributed by atoms with Gasteiger partial charge in [0.05, 0.1) is 0 Å². The first-order valence-electron chi connectivity index (χ1n) is 8.04. The van der Waals surface area contributed by atoms with E-state index in [0.717, 1.165) is 39.0 Å². The van der Waals surface area contributed by atoms with Crippen molar-refractivity contribution in [2.75, 3.05) is 26.2 Å². The van der Waals surface area contributed by atoms with Gasteiger partial charge in [-0.25, -0.2) is 4.79 Å². The van der Waals surface area contributed by atoms with Crippen molar-refractivity contribution in [2.24, 2.45) is 0 Å². The zero-order valence-corrected chi connectivity index (χ0v) is 14.6. The van der Waals surface area contributed by atoms with Gasteiger partial charge in [-0.05, 0) is 54.4 Å². The minimum absolute atomic E-state index is 0.150. The van der Waals surface area contributed by atoms with Crippen LogP contribution in [0.3, 0.4) is 0 Å². The van der Waals surface area contributed by atoms with Gasteiger partial charge in [0, 0.05) is 37.8 Å². The third-order valence-electron chi connectivity index (χ3n) is 3.34. The first-order valence-corrected chi connectivity index (χ1v) is 8.04. The Kier molecular flexibility index (Phi) is 6.47. The molecule has 21 heavy (non-hydrogen) atoms. The smallest absolute Gasteiger partial charge is 0.410 e. The molecule has 1 heterocycles. The predicted molar refractivity (Wildman–Crippen MR) is 86.6 cm³/mol. The minimum Gasteiger partial charge on any atom is -0.444 e. The van der Waals surface area contributed by atoms with E-state index in [4.69, 9.17) is 4.74 Å². The molecule has 0 aromatic rings. The molecule has 0 aromatic carbocycles. The number of ether oxygens (including phenoxy) is 1. The molecule has 0 bridgehead atoms. The molecule has 5 nitrogen and oxygen atoms in total. The fourth-order valence-electron chi connectivity index (χ4n) is 2.40. The molecule has 1 rings (SSSR count). The third-order valence-corrected chi connectivity index (χ3v) is 3.34. The quantitative estimate of drug-likeness (QED) is 0.765. The van der Waals surface area contributed by atoms with E-state index in [9.17, 15) is 4.79 Å². The maximum absolute atomic E-state index is 12.2. The molecular formula is C16H33N3O2. The van der Waals surface area contributed by atoms with Crippen LogP contribution in [0.2, 0.25) is 0 Å². The van der Waals surface area contributed by atoms with Crippen molar-refractivity contribution in [1.82, 2.24) is 15.5 Å². The fourth-order valence-corrected chi connectivity index (χ4v) is 2.40. The largest absolute Gasteiger partial charge is 0.444 e. The van der Waals surface area contributed by atoms with Crippen molar-refractivity contribution in [3.05, 3.63) is 0 Å². The zero-order valence-electron chi connectivity index (χ0n) is 14.6. The van der Waals surface area contributed by atoms with Crippen molar-refractivity contribution in [3.8, 4) is 0 Å². The van der Waals surface area contributed by atoms with E-state index in [1.807, 2.05) is 25.7 Å². The molecule has 0 aromatic heterocycles. The van der Waals surface area contributed by atoms with E-state index in [1.54, 1.807) is 0 Å². The maximum Gasteiger partial charge on any atom is 0.410 e. The lowest BCUT2D eigenvalue weighted by molar-refractivity contribution is 0.0227. The molecule has 5 heteroatoms. The summed E-state index contributed by atoms with van der Waals surface area (Å²) in [6.07, 6.45) is 1.93. The van der Waals surface area contributed by atoms with Crippen LogP contribution >= 0.6 is 0 Å². The first-order chi connectivity index (χ1) is 9.58. The second-order valence-corrected chi connectivity index (χ2v) is 7.85. The van der Waals surface area contributed by atoms with E-state index < -0.39 is 5.60 Å². The Balaban J connectivity index is 2.29. The van der Waals surface area contributed by atoms with E-state index in [0.29, 0.717) is 0 Å². The number of rotatable bonds is 5. The molecule has 1 aliphatic rings. The van der Waals surface area contributed by atoms with E-state index in [-0.39, 0.29) is 17.7 Å². The van der Waals surface area contributed by atoms with Crippen LogP contribution in [0.4, 0.5) is 4.79 Å². The molecule has 124 valence electrons. The molecule has 1 fully saturated rings. The molecule has 0 saturated carbocycles. The van der Waals surface area contributed by atoms with Crippen molar-refractivity contribution >= 4 is 6.09 Å². The highest BCUT2D eigenvalue weighted by Crippen LogP contribution is 2.20. The Morgan fingerprint density at radius 3 is 2.43 bits per heavy atom. The lowest BCUT2D eigenvalue weighted by atomic mass is 10.1. The van der Waals surface area contributed by atoms with Gasteiger partial charge < -0.3 is 20.3 Å². The van der Waals surface area contributed by atoms with Crippen LogP contribution in [0.5, 0.6) is 0 Å². The Labute approximate surface area is 129 Å². The molecule has 1 atom stereocenters. The van der Waals surface area contributed by atoms with Gasteiger partial charge in [-0.15, -0.1) is 0 Å². The maximum atomic E-state index is 12.2. The molecule has 0 aliphatic carbocycles. The number of hydrogen-bond donors (Lipinski definition) is 2. The number of amides is 1. The van der Waals surface area contributed by atoms with Crippen LogP contribution in [0.15, 0.2) is 0 Å². The summed E-state index contributed by atoms with van der Waals surface area (Å²) in [5, 5.41) is 6.88. The molecular weight excluding hydrogens is 266 g/mol. The van der Waals surface area contributed by atoms with Crippen molar-refractivity contribution in [3.63, 3.8) is 0 Å². The number of nitrogens with zero attached hydrogens (tertiary/aromatic N) is 1.